The SMILES string of the molecule is CN1CCOC(I)C1[I-]CCCI. The van der Waals surface area contributed by atoms with E-state index in [9.17, 15) is 0 Å². The number of morpholine rings is 1. The molecular weight excluding hydrogens is 507 g/mol. The normalized spacial score (nSPS) is 31.0. The van der Waals surface area contributed by atoms with E-state index in [1.807, 2.05) is 0 Å². The van der Waals surface area contributed by atoms with Crippen molar-refractivity contribution in [3.8, 4) is 0 Å². The Balaban J connectivity index is 2.26. The van der Waals surface area contributed by atoms with Crippen molar-refractivity contribution < 1.29 is 25.9 Å². The molecule has 1 fully saturated rings. The van der Waals surface area contributed by atoms with Gasteiger partial charge in [-0.15, -0.1) is 0 Å². The number of nitrogens with zero attached hydrogens (tertiary/aromatic N) is 1. The van der Waals surface area contributed by atoms with Gasteiger partial charge in [0, 0.05) is 0 Å². The predicted molar refractivity (Wildman–Crippen MR) is 68.5 cm³/mol. The predicted octanol–water partition coefficient (Wildman–Crippen LogP) is -1.05. The van der Waals surface area contributed by atoms with Crippen LogP contribution in [-0.2, 0) is 4.74 Å². The monoisotopic (exact) mass is 522 g/mol. The molecule has 0 aliphatic carbocycles. The molecule has 0 amide bonds. The number of rotatable bonds is 4. The van der Waals surface area contributed by atoms with Crippen LogP contribution in [-0.4, -0.2) is 42.1 Å². The van der Waals surface area contributed by atoms with Crippen molar-refractivity contribution in [2.45, 2.75) is 14.6 Å². The zero-order valence-corrected chi connectivity index (χ0v) is 14.2. The van der Waals surface area contributed by atoms with Gasteiger partial charge in [0.1, 0.15) is 0 Å². The van der Waals surface area contributed by atoms with E-state index in [1.165, 1.54) is 15.3 Å². The second kappa shape index (κ2) is 7.39. The fraction of sp³-hybridized carbons (Fsp3) is 1.00. The standard InChI is InChI=1S/C8H15I3NO/c1-12-5-6-13-7(10)8(12)11-4-2-3-9/h7-8H,2-6H2,1H3/q-1. The molecule has 0 aromatic carbocycles. The maximum absolute atomic E-state index is 5.66. The Labute approximate surface area is 118 Å². The summed E-state index contributed by atoms with van der Waals surface area (Å²) < 4.78 is 9.60. The van der Waals surface area contributed by atoms with Crippen LogP contribution in [0.25, 0.3) is 0 Å². The zero-order chi connectivity index (χ0) is 9.68. The average Bonchev–Trinajstić information content (AvgIpc) is 2.10. The second-order valence-electron chi connectivity index (χ2n) is 2.96. The first-order chi connectivity index (χ1) is 6.25. The first-order valence-corrected chi connectivity index (χ1v) is 9.89. The van der Waals surface area contributed by atoms with Gasteiger partial charge in [-0.2, -0.15) is 0 Å². The van der Waals surface area contributed by atoms with Gasteiger partial charge in [0.05, 0.1) is 0 Å². The fourth-order valence-electron chi connectivity index (χ4n) is 1.14. The maximum atomic E-state index is 5.66. The van der Waals surface area contributed by atoms with E-state index >= 15 is 0 Å². The number of hydrogen-bond acceptors (Lipinski definition) is 2. The van der Waals surface area contributed by atoms with Crippen LogP contribution in [0.1, 0.15) is 6.42 Å². The Bertz CT molecular complexity index is 137. The van der Waals surface area contributed by atoms with Crippen LogP contribution < -0.4 is 21.2 Å². The molecule has 0 N–H and O–H groups in total. The summed E-state index contributed by atoms with van der Waals surface area (Å²) in [4.78, 5) is 2.49. The Morgan fingerprint density at radius 1 is 1.62 bits per heavy atom. The van der Waals surface area contributed by atoms with Gasteiger partial charge in [-0.1, -0.05) is 0 Å². The first kappa shape index (κ1) is 13.2. The molecule has 2 nitrogen and oxygen atoms in total. The van der Waals surface area contributed by atoms with Crippen molar-refractivity contribution >= 4 is 45.2 Å². The van der Waals surface area contributed by atoms with Gasteiger partial charge in [0.25, 0.3) is 0 Å². The minimum atomic E-state index is 0.305. The molecule has 0 radical (unpaired) electrons. The number of ether oxygens (including phenoxy) is 1. The third-order valence-electron chi connectivity index (χ3n) is 1.89. The fourth-order valence-corrected chi connectivity index (χ4v) is 8.09. The third-order valence-corrected chi connectivity index (χ3v) is 8.96. The van der Waals surface area contributed by atoms with Gasteiger partial charge in [-0.05, 0) is 0 Å². The molecule has 0 aromatic heterocycles. The molecular formula is C8H15I3NO-. The van der Waals surface area contributed by atoms with Crippen molar-refractivity contribution in [2.24, 2.45) is 0 Å². The van der Waals surface area contributed by atoms with Gasteiger partial charge in [0.15, 0.2) is 0 Å². The van der Waals surface area contributed by atoms with Gasteiger partial charge < -0.3 is 0 Å². The van der Waals surface area contributed by atoms with Gasteiger partial charge in [-0.25, -0.2) is 0 Å². The molecule has 13 heavy (non-hydrogen) atoms. The Morgan fingerprint density at radius 2 is 2.38 bits per heavy atom. The average molecular weight is 522 g/mol. The molecule has 1 heterocycles. The van der Waals surface area contributed by atoms with Crippen LogP contribution in [0.3, 0.4) is 0 Å². The van der Waals surface area contributed by atoms with Crippen LogP contribution >= 0.6 is 45.2 Å². The molecule has 1 aliphatic rings. The van der Waals surface area contributed by atoms with Gasteiger partial charge in [0.2, 0.25) is 0 Å². The molecule has 2 unspecified atom stereocenters. The van der Waals surface area contributed by atoms with E-state index < -0.39 is 0 Å². The summed E-state index contributed by atoms with van der Waals surface area (Å²) >= 11 is 5.22. The second-order valence-corrected chi connectivity index (χ2v) is 8.50. The summed E-state index contributed by atoms with van der Waals surface area (Å²) in [5.41, 5.74) is 0. The van der Waals surface area contributed by atoms with Crippen molar-refractivity contribution in [3.63, 3.8) is 0 Å². The van der Waals surface area contributed by atoms with E-state index in [0.717, 1.165) is 17.2 Å². The molecule has 1 aliphatic heterocycles. The van der Waals surface area contributed by atoms with Crippen LogP contribution in [0.2, 0.25) is 0 Å². The number of alkyl halides is 4. The molecule has 0 saturated carbocycles. The van der Waals surface area contributed by atoms with Crippen LogP contribution in [0.15, 0.2) is 0 Å². The molecule has 80 valence electrons. The molecule has 2 atom stereocenters. The molecule has 1 saturated heterocycles. The minimum absolute atomic E-state index is 0.305. The van der Waals surface area contributed by atoms with Crippen molar-refractivity contribution in [1.29, 1.82) is 0 Å². The third kappa shape index (κ3) is 4.64. The van der Waals surface area contributed by atoms with Crippen LogP contribution in [0, 0.1) is 0 Å². The summed E-state index contributed by atoms with van der Waals surface area (Å²) in [6.45, 7) is 2.03. The van der Waals surface area contributed by atoms with Crippen molar-refractivity contribution in [1.82, 2.24) is 4.90 Å². The number of halogens is 3. The first-order valence-electron chi connectivity index (χ1n) is 4.35. The summed E-state index contributed by atoms with van der Waals surface area (Å²) in [6, 6.07) is 0. The van der Waals surface area contributed by atoms with Crippen LogP contribution in [0.4, 0.5) is 0 Å². The quantitative estimate of drug-likeness (QED) is 0.203. The zero-order valence-electron chi connectivity index (χ0n) is 7.68. The Hall–Kier alpha value is 2.11. The van der Waals surface area contributed by atoms with Gasteiger partial charge in [-0.3, -0.25) is 0 Å². The summed E-state index contributed by atoms with van der Waals surface area (Å²) in [5, 5.41) is 0. The molecule has 5 heteroatoms. The van der Waals surface area contributed by atoms with Crippen molar-refractivity contribution in [2.75, 3.05) is 29.1 Å². The molecule has 0 bridgehead atoms. The topological polar surface area (TPSA) is 12.5 Å². The number of hydrogen-bond donors (Lipinski definition) is 0. The summed E-state index contributed by atoms with van der Waals surface area (Å²) in [7, 11) is 2.24. The summed E-state index contributed by atoms with van der Waals surface area (Å²) in [6.07, 6.45) is 1.39. The summed E-state index contributed by atoms with van der Waals surface area (Å²) in [5.74, 6) is 0. The van der Waals surface area contributed by atoms with E-state index in [1.54, 1.807) is 0 Å². The van der Waals surface area contributed by atoms with E-state index in [0.29, 0.717) is 25.3 Å². The van der Waals surface area contributed by atoms with E-state index in [2.05, 4.69) is 57.1 Å². The van der Waals surface area contributed by atoms with E-state index in [4.69, 9.17) is 4.74 Å². The molecule has 0 spiro atoms. The Kier molecular flexibility index (Phi) is 7.49. The molecule has 1 rings (SSSR count). The molecule has 0 aromatic rings. The van der Waals surface area contributed by atoms with Gasteiger partial charge >= 0.3 is 120 Å². The van der Waals surface area contributed by atoms with E-state index in [-0.39, 0.29) is 0 Å². The van der Waals surface area contributed by atoms with Crippen LogP contribution in [0.5, 0.6) is 0 Å². The Morgan fingerprint density at radius 3 is 3.00 bits per heavy atom. The number of likely N-dealkylation sites (N-methyl/N-ethyl adjacent to an activating group) is 1. The van der Waals surface area contributed by atoms with Crippen molar-refractivity contribution in [3.05, 3.63) is 0 Å².